The lowest BCUT2D eigenvalue weighted by atomic mass is 10.2. The Morgan fingerprint density at radius 2 is 2.07 bits per heavy atom. The molecule has 1 aromatic heterocycles. The van der Waals surface area contributed by atoms with E-state index in [1.54, 1.807) is 18.2 Å². The van der Waals surface area contributed by atoms with Crippen molar-refractivity contribution in [3.05, 3.63) is 27.7 Å². The predicted molar refractivity (Wildman–Crippen MR) is 62.7 cm³/mol. The molecule has 0 radical (unpaired) electrons. The minimum atomic E-state index is 0.159. The first kappa shape index (κ1) is 10.3. The second-order valence-electron chi connectivity index (χ2n) is 2.88. The zero-order valence-corrected chi connectivity index (χ0v) is 9.83. The van der Waals surface area contributed by atoms with Crippen molar-refractivity contribution in [2.24, 2.45) is 0 Å². The Bertz CT molecular complexity index is 510. The number of hydrogen-bond acceptors (Lipinski definition) is 4. The summed E-state index contributed by atoms with van der Waals surface area (Å²) < 4.78 is 2.00. The summed E-state index contributed by atoms with van der Waals surface area (Å²) in [6.07, 6.45) is 0. The third-order valence-electron chi connectivity index (χ3n) is 1.89. The lowest BCUT2D eigenvalue weighted by Crippen LogP contribution is -2.13. The minimum Gasteiger partial charge on any atom is -0.366 e. The van der Waals surface area contributed by atoms with E-state index in [0.717, 1.165) is 10.0 Å². The van der Waals surface area contributed by atoms with E-state index in [9.17, 15) is 0 Å². The molecule has 0 unspecified atom stereocenters. The molecule has 7 heteroatoms. The summed E-state index contributed by atoms with van der Waals surface area (Å²) in [4.78, 5) is 0. The van der Waals surface area contributed by atoms with E-state index >= 15 is 0 Å². The fourth-order valence-electron chi connectivity index (χ4n) is 1.16. The maximum Gasteiger partial charge on any atom is 0.241 e. The van der Waals surface area contributed by atoms with Crippen molar-refractivity contribution in [1.82, 2.24) is 14.9 Å². The second-order valence-corrected chi connectivity index (χ2v) is 4.17. The Kier molecular flexibility index (Phi) is 2.54. The standard InChI is InChI=1S/C8H7BrClN5/c9-6-3-4(10)1-2-5(6)7-13-14-8(11)15(7)12/h1-3H,12H2,(H2,11,14). The summed E-state index contributed by atoms with van der Waals surface area (Å²) >= 11 is 9.19. The van der Waals surface area contributed by atoms with E-state index in [1.807, 2.05) is 0 Å². The molecular weight excluding hydrogens is 281 g/mol. The van der Waals surface area contributed by atoms with E-state index in [2.05, 4.69) is 26.1 Å². The molecule has 0 amide bonds. The zero-order chi connectivity index (χ0) is 11.0. The normalized spacial score (nSPS) is 10.5. The highest BCUT2D eigenvalue weighted by molar-refractivity contribution is 9.10. The van der Waals surface area contributed by atoms with Gasteiger partial charge in [0.25, 0.3) is 0 Å². The molecule has 5 nitrogen and oxygen atoms in total. The van der Waals surface area contributed by atoms with Crippen molar-refractivity contribution < 1.29 is 0 Å². The van der Waals surface area contributed by atoms with Gasteiger partial charge in [-0.05, 0) is 34.1 Å². The van der Waals surface area contributed by atoms with Crippen LogP contribution in [0.4, 0.5) is 5.95 Å². The van der Waals surface area contributed by atoms with Gasteiger partial charge in [-0.3, -0.25) is 0 Å². The van der Waals surface area contributed by atoms with Crippen LogP contribution in [0.15, 0.2) is 22.7 Å². The first-order valence-electron chi connectivity index (χ1n) is 4.01. The number of rotatable bonds is 1. The SMILES string of the molecule is Nc1nnc(-c2ccc(Cl)cc2Br)n1N. The number of nitrogens with two attached hydrogens (primary N) is 2. The number of hydrogen-bond donors (Lipinski definition) is 2. The Morgan fingerprint density at radius 3 is 2.60 bits per heavy atom. The van der Waals surface area contributed by atoms with Crippen molar-refractivity contribution in [2.45, 2.75) is 0 Å². The molecule has 0 atom stereocenters. The van der Waals surface area contributed by atoms with Gasteiger partial charge in [-0.25, -0.2) is 4.68 Å². The van der Waals surface area contributed by atoms with Crippen LogP contribution in [0.25, 0.3) is 11.4 Å². The lowest BCUT2D eigenvalue weighted by Gasteiger charge is -2.03. The maximum absolute atomic E-state index is 5.82. The minimum absolute atomic E-state index is 0.159. The van der Waals surface area contributed by atoms with Gasteiger partial charge in [-0.15, -0.1) is 10.2 Å². The van der Waals surface area contributed by atoms with Crippen LogP contribution in [0.5, 0.6) is 0 Å². The summed E-state index contributed by atoms with van der Waals surface area (Å²) in [5.41, 5.74) is 6.26. The van der Waals surface area contributed by atoms with Crippen molar-refractivity contribution in [3.8, 4) is 11.4 Å². The van der Waals surface area contributed by atoms with E-state index < -0.39 is 0 Å². The number of nitrogens with zero attached hydrogens (tertiary/aromatic N) is 3. The van der Waals surface area contributed by atoms with Gasteiger partial charge in [-0.2, -0.15) is 0 Å². The zero-order valence-electron chi connectivity index (χ0n) is 7.48. The fourth-order valence-corrected chi connectivity index (χ4v) is 2.02. The molecule has 15 heavy (non-hydrogen) atoms. The molecule has 2 aromatic rings. The number of aromatic nitrogens is 3. The molecule has 0 bridgehead atoms. The van der Waals surface area contributed by atoms with Crippen molar-refractivity contribution in [3.63, 3.8) is 0 Å². The first-order chi connectivity index (χ1) is 7.09. The molecule has 0 saturated heterocycles. The third-order valence-corrected chi connectivity index (χ3v) is 2.79. The number of halogens is 2. The average Bonchev–Trinajstić information content (AvgIpc) is 2.49. The summed E-state index contributed by atoms with van der Waals surface area (Å²) in [5, 5.41) is 8.16. The highest BCUT2D eigenvalue weighted by atomic mass is 79.9. The van der Waals surface area contributed by atoms with E-state index in [0.29, 0.717) is 10.8 Å². The van der Waals surface area contributed by atoms with Crippen LogP contribution < -0.4 is 11.6 Å². The van der Waals surface area contributed by atoms with Crippen LogP contribution in [0.3, 0.4) is 0 Å². The summed E-state index contributed by atoms with van der Waals surface area (Å²) in [6, 6.07) is 5.29. The van der Waals surface area contributed by atoms with Crippen LogP contribution in [0.1, 0.15) is 0 Å². The van der Waals surface area contributed by atoms with Crippen molar-refractivity contribution in [1.29, 1.82) is 0 Å². The van der Waals surface area contributed by atoms with Crippen molar-refractivity contribution >= 4 is 33.5 Å². The lowest BCUT2D eigenvalue weighted by molar-refractivity contribution is 1.02. The Hall–Kier alpha value is -1.27. The molecule has 0 aliphatic carbocycles. The quantitative estimate of drug-likeness (QED) is 0.782. The van der Waals surface area contributed by atoms with Crippen LogP contribution in [0.2, 0.25) is 5.02 Å². The topological polar surface area (TPSA) is 82.8 Å². The van der Waals surface area contributed by atoms with Gasteiger partial charge in [0.2, 0.25) is 5.95 Å². The molecular formula is C8H7BrClN5. The van der Waals surface area contributed by atoms with Crippen LogP contribution in [-0.2, 0) is 0 Å². The molecule has 0 aliphatic heterocycles. The fraction of sp³-hybridized carbons (Fsp3) is 0. The number of benzene rings is 1. The van der Waals surface area contributed by atoms with Gasteiger partial charge in [0.15, 0.2) is 5.82 Å². The smallest absolute Gasteiger partial charge is 0.241 e. The van der Waals surface area contributed by atoms with Crippen LogP contribution in [0, 0.1) is 0 Å². The molecule has 0 spiro atoms. The second kappa shape index (κ2) is 3.71. The van der Waals surface area contributed by atoms with E-state index in [-0.39, 0.29) is 5.95 Å². The Labute approximate surface area is 99.1 Å². The molecule has 0 fully saturated rings. The average molecular weight is 289 g/mol. The summed E-state index contributed by atoms with van der Waals surface area (Å²) in [7, 11) is 0. The highest BCUT2D eigenvalue weighted by Crippen LogP contribution is 2.29. The molecule has 1 aromatic carbocycles. The summed E-state index contributed by atoms with van der Waals surface area (Å²) in [5.74, 6) is 6.30. The van der Waals surface area contributed by atoms with E-state index in [4.69, 9.17) is 23.2 Å². The third kappa shape index (κ3) is 1.78. The van der Waals surface area contributed by atoms with Crippen LogP contribution in [-0.4, -0.2) is 14.9 Å². The maximum atomic E-state index is 5.82. The van der Waals surface area contributed by atoms with Gasteiger partial charge < -0.3 is 11.6 Å². The molecule has 78 valence electrons. The first-order valence-corrected chi connectivity index (χ1v) is 5.18. The summed E-state index contributed by atoms with van der Waals surface area (Å²) in [6.45, 7) is 0. The monoisotopic (exact) mass is 287 g/mol. The Morgan fingerprint density at radius 1 is 1.33 bits per heavy atom. The highest BCUT2D eigenvalue weighted by Gasteiger charge is 2.12. The van der Waals surface area contributed by atoms with Gasteiger partial charge in [0.05, 0.1) is 0 Å². The molecule has 0 aliphatic rings. The van der Waals surface area contributed by atoms with Gasteiger partial charge in [0.1, 0.15) is 0 Å². The van der Waals surface area contributed by atoms with E-state index in [1.165, 1.54) is 4.68 Å². The predicted octanol–water partition coefficient (Wildman–Crippen LogP) is 1.66. The molecule has 1 heterocycles. The number of nitrogen functional groups attached to an aromatic ring is 2. The van der Waals surface area contributed by atoms with Crippen LogP contribution >= 0.6 is 27.5 Å². The van der Waals surface area contributed by atoms with Gasteiger partial charge in [0, 0.05) is 15.1 Å². The van der Waals surface area contributed by atoms with Gasteiger partial charge in [-0.1, -0.05) is 11.6 Å². The Balaban J connectivity index is 2.59. The molecule has 4 N–H and O–H groups in total. The largest absolute Gasteiger partial charge is 0.366 e. The van der Waals surface area contributed by atoms with Gasteiger partial charge >= 0.3 is 0 Å². The molecule has 2 rings (SSSR count). The molecule has 0 saturated carbocycles. The number of anilines is 1. The van der Waals surface area contributed by atoms with Crippen molar-refractivity contribution in [2.75, 3.05) is 11.6 Å².